The maximum Gasteiger partial charge on any atom is 0.305 e. The fraction of sp³-hybridized carbons (Fsp3) is 0.462. The molecule has 0 aliphatic heterocycles. The van der Waals surface area contributed by atoms with Gasteiger partial charge in [-0.15, -0.1) is 0 Å². The number of rotatable bonds is 8. The van der Waals surface area contributed by atoms with E-state index in [1.807, 2.05) is 0 Å². The Balaban J connectivity index is 2.89. The third-order valence-corrected chi connectivity index (χ3v) is 4.71. The molecule has 118 valence electrons. The second-order valence-corrected chi connectivity index (χ2v) is 6.36. The van der Waals surface area contributed by atoms with Gasteiger partial charge in [-0.1, -0.05) is 12.1 Å². The van der Waals surface area contributed by atoms with Crippen molar-refractivity contribution in [2.75, 3.05) is 36.1 Å². The molecule has 0 spiro atoms. The van der Waals surface area contributed by atoms with Crippen LogP contribution in [-0.2, 0) is 19.6 Å². The second kappa shape index (κ2) is 7.84. The molecule has 7 nitrogen and oxygen atoms in total. The van der Waals surface area contributed by atoms with Crippen LogP contribution in [0.3, 0.4) is 0 Å². The van der Waals surface area contributed by atoms with Crippen molar-refractivity contribution in [2.45, 2.75) is 12.8 Å². The molecule has 0 saturated carbocycles. The Kier molecular flexibility index (Phi) is 6.44. The van der Waals surface area contributed by atoms with Gasteiger partial charge in [-0.2, -0.15) is 0 Å². The van der Waals surface area contributed by atoms with E-state index in [4.69, 9.17) is 10.8 Å². The van der Waals surface area contributed by atoms with Crippen molar-refractivity contribution in [1.29, 1.82) is 0 Å². The summed E-state index contributed by atoms with van der Waals surface area (Å²) in [7, 11) is -2.43. The first kappa shape index (κ1) is 17.3. The van der Waals surface area contributed by atoms with Gasteiger partial charge in [0.1, 0.15) is 0 Å². The highest BCUT2D eigenvalue weighted by Crippen LogP contribution is 2.25. The summed E-state index contributed by atoms with van der Waals surface area (Å²) in [5.41, 5.74) is 6.42. The summed E-state index contributed by atoms with van der Waals surface area (Å²) >= 11 is 0. The van der Waals surface area contributed by atoms with Crippen molar-refractivity contribution >= 4 is 27.4 Å². The Morgan fingerprint density at radius 3 is 2.62 bits per heavy atom. The minimum absolute atomic E-state index is 0.0208. The van der Waals surface area contributed by atoms with Crippen LogP contribution in [0.2, 0.25) is 0 Å². The number of hydrogen-bond acceptors (Lipinski definition) is 6. The Morgan fingerprint density at radius 2 is 2.05 bits per heavy atom. The molecule has 1 aromatic rings. The average Bonchev–Trinajstić information content (AvgIpc) is 2.45. The number of para-hydroxylation sites is 2. The van der Waals surface area contributed by atoms with Crippen LogP contribution in [0.1, 0.15) is 12.8 Å². The second-order valence-electron chi connectivity index (χ2n) is 4.35. The lowest BCUT2D eigenvalue weighted by Gasteiger charge is -2.24. The van der Waals surface area contributed by atoms with Crippen molar-refractivity contribution in [2.24, 2.45) is 0 Å². The molecule has 0 unspecified atom stereocenters. The first-order valence-corrected chi connectivity index (χ1v) is 8.06. The number of anilines is 2. The predicted molar refractivity (Wildman–Crippen MR) is 80.3 cm³/mol. The van der Waals surface area contributed by atoms with Gasteiger partial charge < -0.3 is 15.6 Å². The summed E-state index contributed by atoms with van der Waals surface area (Å²) in [4.78, 5) is 11.0. The number of hydrogen-bond donors (Lipinski definition) is 2. The Labute approximate surface area is 124 Å². The Morgan fingerprint density at radius 1 is 1.38 bits per heavy atom. The number of ether oxygens (including phenoxy) is 1. The van der Waals surface area contributed by atoms with Gasteiger partial charge in [-0.3, -0.25) is 9.10 Å². The molecule has 3 N–H and O–H groups in total. The van der Waals surface area contributed by atoms with Crippen LogP contribution >= 0.6 is 0 Å². The number of nitrogens with zero attached hydrogens (tertiary/aromatic N) is 1. The molecular weight excluding hydrogens is 296 g/mol. The largest absolute Gasteiger partial charge is 0.469 e. The minimum atomic E-state index is -3.68. The molecule has 0 aromatic heterocycles. The van der Waals surface area contributed by atoms with Crippen LogP contribution in [0.15, 0.2) is 24.3 Å². The summed E-state index contributed by atoms with van der Waals surface area (Å²) < 4.78 is 30.2. The van der Waals surface area contributed by atoms with E-state index in [1.165, 1.54) is 7.11 Å². The summed E-state index contributed by atoms with van der Waals surface area (Å²) in [5, 5.41) is 9.08. The number of esters is 1. The maximum absolute atomic E-state index is 12.4. The van der Waals surface area contributed by atoms with E-state index in [9.17, 15) is 13.2 Å². The molecular formula is C13H20N2O5S. The highest BCUT2D eigenvalue weighted by atomic mass is 32.2. The fourth-order valence-corrected chi connectivity index (χ4v) is 3.38. The number of aliphatic hydroxyl groups is 1. The van der Waals surface area contributed by atoms with Gasteiger partial charge in [0.15, 0.2) is 0 Å². The third-order valence-electron chi connectivity index (χ3n) is 2.86. The van der Waals surface area contributed by atoms with E-state index in [1.54, 1.807) is 24.3 Å². The van der Waals surface area contributed by atoms with Crippen molar-refractivity contribution in [3.8, 4) is 0 Å². The molecule has 0 radical (unpaired) electrons. The number of nitrogen functional groups attached to an aromatic ring is 1. The number of aliphatic hydroxyl groups excluding tert-OH is 1. The minimum Gasteiger partial charge on any atom is -0.469 e. The van der Waals surface area contributed by atoms with Crippen molar-refractivity contribution in [3.05, 3.63) is 24.3 Å². The quantitative estimate of drug-likeness (QED) is 0.529. The molecule has 1 aromatic carbocycles. The first-order valence-electron chi connectivity index (χ1n) is 6.45. The zero-order valence-corrected chi connectivity index (χ0v) is 12.7. The molecule has 0 atom stereocenters. The zero-order valence-electron chi connectivity index (χ0n) is 11.9. The van der Waals surface area contributed by atoms with Crippen molar-refractivity contribution < 1.29 is 23.1 Å². The van der Waals surface area contributed by atoms with E-state index < -0.39 is 16.0 Å². The predicted octanol–water partition coefficient (Wildman–Crippen LogP) is 0.350. The molecule has 0 saturated heterocycles. The number of sulfonamides is 1. The Bertz CT molecular complexity index is 574. The van der Waals surface area contributed by atoms with E-state index in [2.05, 4.69) is 4.74 Å². The molecule has 0 amide bonds. The number of carbonyl (C=O) groups is 1. The number of benzene rings is 1. The van der Waals surface area contributed by atoms with Crippen molar-refractivity contribution in [1.82, 2.24) is 0 Å². The average molecular weight is 316 g/mol. The van der Waals surface area contributed by atoms with E-state index in [0.29, 0.717) is 11.4 Å². The first-order chi connectivity index (χ1) is 9.92. The lowest BCUT2D eigenvalue weighted by molar-refractivity contribution is -0.140. The lowest BCUT2D eigenvalue weighted by atomic mass is 10.3. The van der Waals surface area contributed by atoms with Crippen molar-refractivity contribution in [3.63, 3.8) is 0 Å². The standard InChI is InChI=1S/C13H20N2O5S/c1-20-13(17)7-4-10-21(18,19)15(8-9-16)12-6-3-2-5-11(12)14/h2-3,5-6,16H,4,7-10,14H2,1H3. The van der Waals surface area contributed by atoms with Gasteiger partial charge in [0, 0.05) is 6.42 Å². The Hall–Kier alpha value is -1.80. The summed E-state index contributed by atoms with van der Waals surface area (Å²) in [5.74, 6) is -0.686. The summed E-state index contributed by atoms with van der Waals surface area (Å²) in [6.07, 6.45) is 0.163. The normalized spacial score (nSPS) is 11.1. The van der Waals surface area contributed by atoms with Crippen LogP contribution in [-0.4, -0.2) is 45.5 Å². The summed E-state index contributed by atoms with van der Waals surface area (Å²) in [6.45, 7) is -0.417. The highest BCUT2D eigenvalue weighted by molar-refractivity contribution is 7.92. The summed E-state index contributed by atoms with van der Waals surface area (Å²) in [6, 6.07) is 6.52. The monoisotopic (exact) mass is 316 g/mol. The number of nitrogens with two attached hydrogens (primary N) is 1. The van der Waals surface area contributed by atoms with E-state index in [0.717, 1.165) is 4.31 Å². The SMILES string of the molecule is COC(=O)CCCS(=O)(=O)N(CCO)c1ccccc1N. The lowest BCUT2D eigenvalue weighted by Crippen LogP contribution is -2.36. The molecule has 0 heterocycles. The van der Waals surface area contributed by atoms with Crippen LogP contribution in [0.25, 0.3) is 0 Å². The molecule has 0 fully saturated rings. The molecule has 0 aliphatic rings. The van der Waals surface area contributed by atoms with Crippen LogP contribution < -0.4 is 10.0 Å². The molecule has 8 heteroatoms. The van der Waals surface area contributed by atoms with Crippen LogP contribution in [0.5, 0.6) is 0 Å². The van der Waals surface area contributed by atoms with E-state index >= 15 is 0 Å². The molecule has 1 rings (SSSR count). The van der Waals surface area contributed by atoms with Gasteiger partial charge in [0.2, 0.25) is 10.0 Å². The molecule has 21 heavy (non-hydrogen) atoms. The van der Waals surface area contributed by atoms with E-state index in [-0.39, 0.29) is 31.7 Å². The van der Waals surface area contributed by atoms with Crippen LogP contribution in [0, 0.1) is 0 Å². The van der Waals surface area contributed by atoms with Gasteiger partial charge in [-0.05, 0) is 18.6 Å². The topological polar surface area (TPSA) is 110 Å². The molecule has 0 bridgehead atoms. The highest BCUT2D eigenvalue weighted by Gasteiger charge is 2.23. The zero-order chi connectivity index (χ0) is 15.9. The van der Waals surface area contributed by atoms with Gasteiger partial charge in [-0.25, -0.2) is 8.42 Å². The van der Waals surface area contributed by atoms with Gasteiger partial charge in [0.25, 0.3) is 0 Å². The van der Waals surface area contributed by atoms with Gasteiger partial charge >= 0.3 is 5.97 Å². The smallest absolute Gasteiger partial charge is 0.305 e. The molecule has 0 aliphatic carbocycles. The maximum atomic E-state index is 12.4. The fourth-order valence-electron chi connectivity index (χ4n) is 1.83. The number of carbonyl (C=O) groups excluding carboxylic acids is 1. The van der Waals surface area contributed by atoms with Gasteiger partial charge in [0.05, 0.1) is 37.4 Å². The third kappa shape index (κ3) is 4.91. The van der Waals surface area contributed by atoms with Crippen LogP contribution in [0.4, 0.5) is 11.4 Å². The number of methoxy groups -OCH3 is 1.